The molecule has 0 aliphatic carbocycles. The Bertz CT molecular complexity index is 1780. The topological polar surface area (TPSA) is 230 Å². The van der Waals surface area contributed by atoms with Gasteiger partial charge in [-0.05, 0) is 43.5 Å². The Morgan fingerprint density at radius 1 is 0.607 bits per heavy atom. The van der Waals surface area contributed by atoms with Gasteiger partial charge in [0, 0.05) is 19.4 Å². The minimum absolute atomic E-state index is 0.0225. The molecule has 0 radical (unpaired) electrons. The molecule has 1 fully saturated rings. The number of hydrogen-bond donors (Lipinski definition) is 2. The average Bonchev–Trinajstić information content (AvgIpc) is 3.50. The monoisotopic (exact) mass is 879 g/mol. The fraction of sp³-hybridized carbons (Fsp3) is 0.585. The molecule has 2 aliphatic rings. The van der Waals surface area contributed by atoms with Crippen LogP contribution in [0, 0.1) is 0 Å². The van der Waals surface area contributed by atoms with Crippen LogP contribution in [-0.4, -0.2) is 161 Å². The second-order valence-electron chi connectivity index (χ2n) is 13.5. The molecule has 1 atom stereocenters. The summed E-state index contributed by atoms with van der Waals surface area (Å²) in [6.07, 6.45) is 2.40. The average molecular weight is 880 g/mol. The maximum absolute atomic E-state index is 13.2. The molecule has 2 aliphatic heterocycles. The predicted molar refractivity (Wildman–Crippen MR) is 216 cm³/mol. The zero-order valence-electron chi connectivity index (χ0n) is 34.3. The molecule has 338 valence electrons. The predicted octanol–water partition coefficient (Wildman–Crippen LogP) is 2.13. The van der Waals surface area contributed by atoms with Crippen molar-refractivity contribution in [3.05, 3.63) is 59.7 Å². The van der Waals surface area contributed by atoms with Crippen LogP contribution in [0.25, 0.3) is 0 Å². The van der Waals surface area contributed by atoms with Gasteiger partial charge in [0.2, 0.25) is 17.7 Å². The van der Waals surface area contributed by atoms with E-state index in [1.165, 1.54) is 18.2 Å². The van der Waals surface area contributed by atoms with Crippen molar-refractivity contribution in [1.29, 1.82) is 0 Å². The van der Waals surface area contributed by atoms with Crippen molar-refractivity contribution in [2.24, 2.45) is 0 Å². The van der Waals surface area contributed by atoms with Crippen LogP contribution in [0.5, 0.6) is 0 Å². The molecule has 1 unspecified atom stereocenters. The molecule has 61 heavy (non-hydrogen) atoms. The highest BCUT2D eigenvalue weighted by molar-refractivity contribution is 7.86. The van der Waals surface area contributed by atoms with Crippen molar-refractivity contribution in [2.45, 2.75) is 49.5 Å². The van der Waals surface area contributed by atoms with E-state index >= 15 is 0 Å². The fourth-order valence-electron chi connectivity index (χ4n) is 6.00. The Morgan fingerprint density at radius 2 is 1.11 bits per heavy atom. The second kappa shape index (κ2) is 28.4. The summed E-state index contributed by atoms with van der Waals surface area (Å²) in [4.78, 5) is 63.7. The summed E-state index contributed by atoms with van der Waals surface area (Å²) in [5.74, 6) is -2.75. The van der Waals surface area contributed by atoms with Gasteiger partial charge in [0.05, 0.1) is 127 Å². The van der Waals surface area contributed by atoms with Crippen LogP contribution in [0.15, 0.2) is 53.4 Å². The zero-order valence-corrected chi connectivity index (χ0v) is 35.2. The number of nitrogens with one attached hydrogen (secondary N) is 2. The molecule has 4 rings (SSSR count). The quantitative estimate of drug-likeness (QED) is 0.0583. The van der Waals surface area contributed by atoms with Gasteiger partial charge in [0.25, 0.3) is 21.9 Å². The van der Waals surface area contributed by atoms with Crippen LogP contribution in [0.2, 0.25) is 0 Å². The summed E-state index contributed by atoms with van der Waals surface area (Å²) in [5.41, 5.74) is 0.361. The van der Waals surface area contributed by atoms with Gasteiger partial charge in [0.15, 0.2) is 0 Å². The number of fused-ring (bicyclic) bond motifs is 1. The molecule has 0 saturated carbocycles. The van der Waals surface area contributed by atoms with Gasteiger partial charge in [-0.15, -0.1) is 0 Å². The number of hydrogen-bond acceptors (Lipinski definition) is 16. The number of piperidine rings is 1. The highest BCUT2D eigenvalue weighted by atomic mass is 32.2. The molecule has 2 heterocycles. The molecule has 5 amide bonds. The zero-order chi connectivity index (χ0) is 43.5. The van der Waals surface area contributed by atoms with Crippen molar-refractivity contribution in [3.63, 3.8) is 0 Å². The van der Waals surface area contributed by atoms with E-state index in [2.05, 4.69) is 10.6 Å². The molecule has 19 nitrogen and oxygen atoms in total. The van der Waals surface area contributed by atoms with Crippen molar-refractivity contribution in [3.8, 4) is 0 Å². The summed E-state index contributed by atoms with van der Waals surface area (Å²) in [6.45, 7) is 6.37. The third-order valence-corrected chi connectivity index (χ3v) is 10.4. The lowest BCUT2D eigenvalue weighted by Gasteiger charge is -2.27. The van der Waals surface area contributed by atoms with E-state index in [0.717, 1.165) is 17.7 Å². The summed E-state index contributed by atoms with van der Waals surface area (Å²) >= 11 is 0. The van der Waals surface area contributed by atoms with E-state index in [-0.39, 0.29) is 60.1 Å². The number of carbonyl (C=O) groups is 5. The summed E-state index contributed by atoms with van der Waals surface area (Å²) in [6, 6.07) is 11.4. The Balaban J connectivity index is 0.844. The van der Waals surface area contributed by atoms with E-state index < -0.39 is 39.8 Å². The number of nitrogens with zero attached hydrogens (tertiary/aromatic N) is 1. The van der Waals surface area contributed by atoms with Gasteiger partial charge in [-0.25, -0.2) is 0 Å². The largest absolute Gasteiger partial charge is 0.379 e. The molecule has 2 N–H and O–H groups in total. The fourth-order valence-corrected chi connectivity index (χ4v) is 6.91. The summed E-state index contributed by atoms with van der Waals surface area (Å²) < 4.78 is 72.7. The lowest BCUT2D eigenvalue weighted by Crippen LogP contribution is -2.54. The first-order chi connectivity index (χ1) is 29.7. The highest BCUT2D eigenvalue weighted by Crippen LogP contribution is 2.32. The number of imide groups is 2. The molecule has 2 aromatic rings. The van der Waals surface area contributed by atoms with Crippen LogP contribution in [-0.2, 0) is 66.6 Å². The maximum atomic E-state index is 13.2. The summed E-state index contributed by atoms with van der Waals surface area (Å²) in [7, 11) is -3.78. The first kappa shape index (κ1) is 49.4. The normalized spacial score (nSPS) is 15.3. The number of rotatable bonds is 34. The van der Waals surface area contributed by atoms with E-state index in [4.69, 9.17) is 42.1 Å². The minimum Gasteiger partial charge on any atom is -0.379 e. The molecule has 0 bridgehead atoms. The Hall–Kier alpha value is -4.22. The van der Waals surface area contributed by atoms with E-state index in [0.29, 0.717) is 106 Å². The van der Waals surface area contributed by atoms with Gasteiger partial charge in [0.1, 0.15) is 6.04 Å². The minimum atomic E-state index is -3.78. The molecular formula is C41H57N3O16S. The van der Waals surface area contributed by atoms with Gasteiger partial charge >= 0.3 is 0 Å². The molecule has 0 spiro atoms. The van der Waals surface area contributed by atoms with Crippen LogP contribution >= 0.6 is 0 Å². The van der Waals surface area contributed by atoms with Gasteiger partial charge < -0.3 is 43.2 Å². The Morgan fingerprint density at radius 3 is 1.64 bits per heavy atom. The Kier molecular flexibility index (Phi) is 23.0. The van der Waals surface area contributed by atoms with Crippen molar-refractivity contribution in [1.82, 2.24) is 10.2 Å². The number of benzene rings is 2. The van der Waals surface area contributed by atoms with Gasteiger partial charge in [-0.2, -0.15) is 8.42 Å². The smallest absolute Gasteiger partial charge is 0.297 e. The maximum Gasteiger partial charge on any atom is 0.297 e. The van der Waals surface area contributed by atoms with Crippen molar-refractivity contribution < 1.29 is 74.5 Å². The number of anilines is 1. The van der Waals surface area contributed by atoms with Crippen molar-refractivity contribution in [2.75, 3.05) is 118 Å². The Labute approximate surface area is 356 Å². The van der Waals surface area contributed by atoms with Crippen LogP contribution < -0.4 is 10.6 Å². The highest BCUT2D eigenvalue weighted by Gasteiger charge is 2.45. The summed E-state index contributed by atoms with van der Waals surface area (Å²) in [5, 5.41) is 4.90. The number of amides is 5. The molecule has 0 aromatic heterocycles. The lowest BCUT2D eigenvalue weighted by molar-refractivity contribution is -0.136. The second-order valence-corrected chi connectivity index (χ2v) is 15.1. The third-order valence-electron chi connectivity index (χ3n) is 9.04. The SMILES string of the molecule is O=C1CCC(N2C(=O)c3cccc(NC(=O)CCCCCOCCOCCOCCOCCOCCOCCOCCOCCOS(=O)(=O)c4ccccc4)c3C2=O)C(=O)N1. The van der Waals surface area contributed by atoms with E-state index in [1.807, 2.05) is 0 Å². The van der Waals surface area contributed by atoms with Gasteiger partial charge in [-0.3, -0.25) is 38.4 Å². The van der Waals surface area contributed by atoms with Crippen LogP contribution in [0.3, 0.4) is 0 Å². The van der Waals surface area contributed by atoms with Crippen LogP contribution in [0.4, 0.5) is 5.69 Å². The van der Waals surface area contributed by atoms with Crippen molar-refractivity contribution >= 4 is 45.3 Å². The lowest BCUT2D eigenvalue weighted by atomic mass is 10.0. The molecule has 20 heteroatoms. The standard InChI is InChI=1S/C41H57N3O16S/c45-36(42-34-11-7-10-33-38(34)41(49)44(40(33)48)35-13-14-37(46)43-39(35)47)12-5-2-6-15-52-16-17-53-18-19-54-20-21-55-22-23-56-24-25-57-26-27-58-28-29-59-30-31-60-61(50,51)32-8-3-1-4-9-32/h1,3-4,7-11,35H,2,5-6,12-31H2,(H,42,45)(H,43,46,47). The van der Waals surface area contributed by atoms with Gasteiger partial charge in [-0.1, -0.05) is 30.7 Å². The third kappa shape index (κ3) is 18.0. The first-order valence-electron chi connectivity index (χ1n) is 20.4. The number of carbonyl (C=O) groups excluding carboxylic acids is 5. The first-order valence-corrected chi connectivity index (χ1v) is 21.8. The molecular weight excluding hydrogens is 823 g/mol. The van der Waals surface area contributed by atoms with Crippen LogP contribution in [0.1, 0.15) is 59.2 Å². The molecule has 1 saturated heterocycles. The number of unbranched alkanes of at least 4 members (excludes halogenated alkanes) is 2. The number of ether oxygens (including phenoxy) is 8. The van der Waals surface area contributed by atoms with E-state index in [1.54, 1.807) is 30.3 Å². The molecule has 2 aromatic carbocycles. The van der Waals surface area contributed by atoms with E-state index in [9.17, 15) is 32.4 Å².